The standard InChI is InChI=1S/C8H16F2N2O6/c1-18-3(2-13)4(14)5(15)6(16)12-7(17)8(9,10)11/h3-6,13-16H,2,11H2,1H3,(H,12,17). The summed E-state index contributed by atoms with van der Waals surface area (Å²) in [4.78, 5) is 10.7. The van der Waals surface area contributed by atoms with Gasteiger partial charge in [-0.3, -0.25) is 10.5 Å². The molecule has 4 atom stereocenters. The van der Waals surface area contributed by atoms with Crippen molar-refractivity contribution in [3.63, 3.8) is 0 Å². The van der Waals surface area contributed by atoms with Crippen molar-refractivity contribution in [1.82, 2.24) is 5.32 Å². The molecule has 0 spiro atoms. The van der Waals surface area contributed by atoms with Crippen LogP contribution in [0.25, 0.3) is 0 Å². The third-order valence-electron chi connectivity index (χ3n) is 2.12. The first-order valence-corrected chi connectivity index (χ1v) is 4.80. The van der Waals surface area contributed by atoms with E-state index in [9.17, 15) is 28.9 Å². The van der Waals surface area contributed by atoms with Crippen LogP contribution < -0.4 is 11.1 Å². The van der Waals surface area contributed by atoms with E-state index in [-0.39, 0.29) is 0 Å². The van der Waals surface area contributed by atoms with Crippen molar-refractivity contribution in [2.75, 3.05) is 13.7 Å². The summed E-state index contributed by atoms with van der Waals surface area (Å²) in [6.07, 6.45) is -7.31. The number of ether oxygens (including phenoxy) is 1. The number of aliphatic hydroxyl groups is 4. The van der Waals surface area contributed by atoms with Gasteiger partial charge in [-0.2, -0.15) is 8.78 Å². The van der Waals surface area contributed by atoms with E-state index in [1.165, 1.54) is 5.32 Å². The number of rotatable bonds is 7. The highest BCUT2D eigenvalue weighted by Crippen LogP contribution is 2.08. The van der Waals surface area contributed by atoms with Gasteiger partial charge in [-0.15, -0.1) is 0 Å². The van der Waals surface area contributed by atoms with E-state index >= 15 is 0 Å². The molecule has 0 radical (unpaired) electrons. The van der Waals surface area contributed by atoms with Crippen LogP contribution in [0.5, 0.6) is 0 Å². The van der Waals surface area contributed by atoms with Gasteiger partial charge in [-0.1, -0.05) is 0 Å². The van der Waals surface area contributed by atoms with E-state index in [4.69, 9.17) is 5.11 Å². The lowest BCUT2D eigenvalue weighted by Crippen LogP contribution is -2.57. The van der Waals surface area contributed by atoms with Crippen LogP contribution in [0.15, 0.2) is 0 Å². The van der Waals surface area contributed by atoms with Gasteiger partial charge in [0.1, 0.15) is 18.3 Å². The fraction of sp³-hybridized carbons (Fsp3) is 0.875. The fourth-order valence-electron chi connectivity index (χ4n) is 1.04. The Balaban J connectivity index is 4.51. The van der Waals surface area contributed by atoms with Crippen molar-refractivity contribution < 1.29 is 38.7 Å². The summed E-state index contributed by atoms with van der Waals surface area (Å²) < 4.78 is 29.1. The largest absolute Gasteiger partial charge is 0.394 e. The molecule has 0 bridgehead atoms. The van der Waals surface area contributed by atoms with Crippen LogP contribution >= 0.6 is 0 Å². The van der Waals surface area contributed by atoms with Crippen LogP contribution in [0.2, 0.25) is 0 Å². The highest BCUT2D eigenvalue weighted by molar-refractivity contribution is 5.82. The second-order valence-electron chi connectivity index (χ2n) is 3.48. The second kappa shape index (κ2) is 6.87. The molecule has 108 valence electrons. The quantitative estimate of drug-likeness (QED) is 0.211. The molecular weight excluding hydrogens is 258 g/mol. The molecule has 0 fully saturated rings. The number of alkyl halides is 2. The number of carbonyl (C=O) groups excluding carboxylic acids is 1. The van der Waals surface area contributed by atoms with Gasteiger partial charge in [0, 0.05) is 7.11 Å². The minimum absolute atomic E-state index is 0.692. The Kier molecular flexibility index (Phi) is 6.52. The Morgan fingerprint density at radius 3 is 2.22 bits per heavy atom. The highest BCUT2D eigenvalue weighted by Gasteiger charge is 2.38. The van der Waals surface area contributed by atoms with E-state index in [1.54, 1.807) is 0 Å². The molecule has 0 heterocycles. The minimum atomic E-state index is -4.23. The van der Waals surface area contributed by atoms with Gasteiger partial charge in [0.05, 0.1) is 6.61 Å². The maximum Gasteiger partial charge on any atom is 0.378 e. The van der Waals surface area contributed by atoms with Gasteiger partial charge in [-0.25, -0.2) is 0 Å². The first-order chi connectivity index (χ1) is 8.15. The van der Waals surface area contributed by atoms with Crippen molar-refractivity contribution in [2.24, 2.45) is 5.73 Å². The number of hydrogen-bond donors (Lipinski definition) is 6. The average molecular weight is 274 g/mol. The van der Waals surface area contributed by atoms with Crippen LogP contribution in [0.4, 0.5) is 8.78 Å². The molecule has 0 aromatic heterocycles. The van der Waals surface area contributed by atoms with E-state index < -0.39 is 43.1 Å². The maximum atomic E-state index is 12.3. The van der Waals surface area contributed by atoms with Crippen LogP contribution in [0.1, 0.15) is 0 Å². The number of aliphatic hydroxyl groups excluding tert-OH is 4. The molecular formula is C8H16F2N2O6. The van der Waals surface area contributed by atoms with Crippen LogP contribution in [-0.4, -0.2) is 70.6 Å². The topological polar surface area (TPSA) is 145 Å². The van der Waals surface area contributed by atoms with Crippen molar-refractivity contribution in [3.8, 4) is 0 Å². The monoisotopic (exact) mass is 274 g/mol. The predicted octanol–water partition coefficient (Wildman–Crippen LogP) is -3.30. The third-order valence-corrected chi connectivity index (χ3v) is 2.12. The summed E-state index contributed by atoms with van der Waals surface area (Å²) in [5.41, 5.74) is 4.15. The van der Waals surface area contributed by atoms with E-state index in [1.807, 2.05) is 0 Å². The van der Waals surface area contributed by atoms with Crippen molar-refractivity contribution >= 4 is 5.91 Å². The fourth-order valence-corrected chi connectivity index (χ4v) is 1.04. The molecule has 0 aliphatic heterocycles. The molecule has 1 amide bonds. The molecule has 0 rings (SSSR count). The van der Waals surface area contributed by atoms with Crippen LogP contribution in [0, 0.1) is 0 Å². The molecule has 0 aromatic rings. The zero-order valence-corrected chi connectivity index (χ0v) is 9.46. The van der Waals surface area contributed by atoms with E-state index in [0.717, 1.165) is 7.11 Å². The normalized spacial score (nSPS) is 18.9. The number of methoxy groups -OCH3 is 1. The van der Waals surface area contributed by atoms with Gasteiger partial charge in [0.2, 0.25) is 0 Å². The number of carbonyl (C=O) groups is 1. The van der Waals surface area contributed by atoms with Crippen LogP contribution in [0.3, 0.4) is 0 Å². The molecule has 4 unspecified atom stereocenters. The predicted molar refractivity (Wildman–Crippen MR) is 53.2 cm³/mol. The lowest BCUT2D eigenvalue weighted by atomic mass is 10.1. The zero-order valence-electron chi connectivity index (χ0n) is 9.46. The highest BCUT2D eigenvalue weighted by atomic mass is 19.3. The summed E-state index contributed by atoms with van der Waals surface area (Å²) in [7, 11) is 1.11. The Bertz CT molecular complexity index is 271. The van der Waals surface area contributed by atoms with Gasteiger partial charge in [-0.05, 0) is 0 Å². The van der Waals surface area contributed by atoms with Crippen LogP contribution in [-0.2, 0) is 9.53 Å². The first-order valence-electron chi connectivity index (χ1n) is 4.80. The second-order valence-corrected chi connectivity index (χ2v) is 3.48. The lowest BCUT2D eigenvalue weighted by molar-refractivity contribution is -0.159. The smallest absolute Gasteiger partial charge is 0.378 e. The molecule has 10 heteroatoms. The van der Waals surface area contributed by atoms with Gasteiger partial charge in [0.25, 0.3) is 0 Å². The molecule has 0 saturated carbocycles. The molecule has 0 aliphatic carbocycles. The Morgan fingerprint density at radius 2 is 1.89 bits per heavy atom. The molecule has 0 aliphatic rings. The average Bonchev–Trinajstić information content (AvgIpc) is 2.27. The van der Waals surface area contributed by atoms with Gasteiger partial charge < -0.3 is 30.5 Å². The number of hydrogen-bond acceptors (Lipinski definition) is 7. The summed E-state index contributed by atoms with van der Waals surface area (Å²) in [6.45, 7) is -0.692. The molecule has 18 heavy (non-hydrogen) atoms. The van der Waals surface area contributed by atoms with Crippen molar-refractivity contribution in [2.45, 2.75) is 30.6 Å². The molecule has 8 nitrogen and oxygen atoms in total. The number of amides is 1. The number of nitrogens with two attached hydrogens (primary N) is 1. The Morgan fingerprint density at radius 1 is 1.39 bits per heavy atom. The summed E-state index contributed by atoms with van der Waals surface area (Å²) in [5.74, 6) is -2.03. The zero-order chi connectivity index (χ0) is 14.5. The lowest BCUT2D eigenvalue weighted by Gasteiger charge is -2.28. The van der Waals surface area contributed by atoms with Crippen molar-refractivity contribution in [1.29, 1.82) is 0 Å². The molecule has 0 saturated heterocycles. The first kappa shape index (κ1) is 17.1. The number of halogens is 2. The number of nitrogens with one attached hydrogen (secondary N) is 1. The SMILES string of the molecule is COC(CO)C(O)C(O)C(O)NC(=O)C(N)(F)F. The molecule has 0 aromatic carbocycles. The van der Waals surface area contributed by atoms with E-state index in [2.05, 4.69) is 10.5 Å². The maximum absolute atomic E-state index is 12.3. The Hall–Kier alpha value is -0.910. The Labute approximate surface area is 101 Å². The summed E-state index contributed by atoms with van der Waals surface area (Å²) >= 11 is 0. The molecule has 7 N–H and O–H groups in total. The minimum Gasteiger partial charge on any atom is -0.394 e. The van der Waals surface area contributed by atoms with Gasteiger partial charge in [0.15, 0.2) is 6.23 Å². The summed E-state index contributed by atoms with van der Waals surface area (Å²) in [5, 5.41) is 38.0. The third kappa shape index (κ3) is 4.76. The summed E-state index contributed by atoms with van der Waals surface area (Å²) in [6, 6.07) is -4.23. The van der Waals surface area contributed by atoms with Crippen molar-refractivity contribution in [3.05, 3.63) is 0 Å². The van der Waals surface area contributed by atoms with Gasteiger partial charge >= 0.3 is 12.0 Å². The van der Waals surface area contributed by atoms with E-state index in [0.29, 0.717) is 0 Å².